The van der Waals surface area contributed by atoms with Crippen molar-refractivity contribution in [2.24, 2.45) is 0 Å². The number of rotatable bonds is 3. The lowest BCUT2D eigenvalue weighted by molar-refractivity contribution is 0.0977. The molecule has 0 unspecified atom stereocenters. The number of hydrogen-bond acceptors (Lipinski definition) is 3. The van der Waals surface area contributed by atoms with Crippen molar-refractivity contribution in [3.05, 3.63) is 64.9 Å². The molecule has 0 radical (unpaired) electrons. The van der Waals surface area contributed by atoms with E-state index in [0.717, 1.165) is 0 Å². The molecule has 0 aliphatic heterocycles. The van der Waals surface area contributed by atoms with Crippen molar-refractivity contribution in [3.8, 4) is 6.07 Å². The van der Waals surface area contributed by atoms with Crippen LogP contribution in [0, 0.1) is 11.3 Å². The van der Waals surface area contributed by atoms with E-state index in [1.807, 2.05) is 6.07 Å². The van der Waals surface area contributed by atoms with Gasteiger partial charge in [0.1, 0.15) is 0 Å². The second-order valence-corrected chi connectivity index (χ2v) is 4.13. The van der Waals surface area contributed by atoms with Crippen molar-refractivity contribution in [2.75, 3.05) is 0 Å². The largest absolute Gasteiger partial charge is 0.292 e. The van der Waals surface area contributed by atoms with Crippen LogP contribution in [0.3, 0.4) is 0 Å². The first-order valence-electron chi connectivity index (χ1n) is 5.32. The maximum Gasteiger partial charge on any atom is 0.186 e. The van der Waals surface area contributed by atoms with E-state index in [2.05, 4.69) is 4.98 Å². The van der Waals surface area contributed by atoms with Crippen LogP contribution in [0.4, 0.5) is 0 Å². The van der Waals surface area contributed by atoms with Gasteiger partial charge >= 0.3 is 0 Å². The fraction of sp³-hybridized carbons (Fsp3) is 0.0714. The summed E-state index contributed by atoms with van der Waals surface area (Å²) in [5.74, 6) is -1.19. The molecule has 2 rings (SSSR count). The van der Waals surface area contributed by atoms with Gasteiger partial charge in [-0.1, -0.05) is 29.8 Å². The van der Waals surface area contributed by atoms with E-state index in [4.69, 9.17) is 16.9 Å². The quantitative estimate of drug-likeness (QED) is 0.793. The van der Waals surface area contributed by atoms with Gasteiger partial charge in [-0.3, -0.25) is 9.78 Å². The summed E-state index contributed by atoms with van der Waals surface area (Å²) < 4.78 is 0. The minimum Gasteiger partial charge on any atom is -0.292 e. The normalized spacial score (nSPS) is 11.6. The Balaban J connectivity index is 2.36. The topological polar surface area (TPSA) is 53.8 Å². The molecular weight excluding hydrogens is 248 g/mol. The van der Waals surface area contributed by atoms with Crippen LogP contribution in [-0.4, -0.2) is 10.8 Å². The maximum atomic E-state index is 12.2. The molecule has 1 atom stereocenters. The number of Topliss-reactive ketones (excluding diaryl/α,β-unsaturated/α-hetero) is 1. The van der Waals surface area contributed by atoms with Crippen LogP contribution in [0.25, 0.3) is 0 Å². The summed E-state index contributed by atoms with van der Waals surface area (Å²) >= 11 is 5.83. The van der Waals surface area contributed by atoms with Crippen molar-refractivity contribution in [1.82, 2.24) is 4.98 Å². The molecule has 4 heteroatoms. The van der Waals surface area contributed by atoms with Crippen molar-refractivity contribution >= 4 is 17.4 Å². The lowest BCUT2D eigenvalue weighted by Gasteiger charge is -2.07. The summed E-state index contributed by atoms with van der Waals surface area (Å²) in [6.45, 7) is 0. The second-order valence-electron chi connectivity index (χ2n) is 3.69. The third-order valence-corrected chi connectivity index (χ3v) is 2.72. The zero-order valence-corrected chi connectivity index (χ0v) is 10.1. The van der Waals surface area contributed by atoms with Crippen LogP contribution < -0.4 is 0 Å². The highest BCUT2D eigenvalue weighted by Crippen LogP contribution is 2.20. The predicted octanol–water partition coefficient (Wildman–Crippen LogP) is 3.23. The molecule has 0 saturated heterocycles. The Morgan fingerprint density at radius 2 is 2.11 bits per heavy atom. The highest BCUT2D eigenvalue weighted by molar-refractivity contribution is 6.31. The minimum atomic E-state index is -0.898. The molecule has 0 bridgehead atoms. The van der Waals surface area contributed by atoms with E-state index >= 15 is 0 Å². The Morgan fingerprint density at radius 3 is 2.72 bits per heavy atom. The van der Waals surface area contributed by atoms with E-state index in [0.29, 0.717) is 16.3 Å². The molecule has 0 aliphatic rings. The van der Waals surface area contributed by atoms with E-state index in [-0.39, 0.29) is 5.78 Å². The molecule has 0 spiro atoms. The molecule has 3 nitrogen and oxygen atoms in total. The second kappa shape index (κ2) is 5.44. The van der Waals surface area contributed by atoms with Gasteiger partial charge in [0, 0.05) is 16.8 Å². The Kier molecular flexibility index (Phi) is 3.71. The van der Waals surface area contributed by atoms with Gasteiger partial charge in [0.25, 0.3) is 0 Å². The number of carbonyl (C=O) groups is 1. The molecule has 0 amide bonds. The van der Waals surface area contributed by atoms with E-state index in [9.17, 15) is 4.79 Å². The highest BCUT2D eigenvalue weighted by atomic mass is 35.5. The third-order valence-electron chi connectivity index (χ3n) is 2.48. The Bertz CT molecular complexity index is 605. The van der Waals surface area contributed by atoms with Gasteiger partial charge in [-0.15, -0.1) is 0 Å². The monoisotopic (exact) mass is 256 g/mol. The number of halogens is 1. The lowest BCUT2D eigenvalue weighted by atomic mass is 9.95. The van der Waals surface area contributed by atoms with Crippen LogP contribution in [0.15, 0.2) is 48.7 Å². The van der Waals surface area contributed by atoms with E-state index < -0.39 is 5.92 Å². The standard InChI is InChI=1S/C14H9ClN2O/c15-11-5-3-4-10(8-11)14(18)12(9-16)13-6-1-2-7-17-13/h1-8,12H/t12-/m0/s1. The molecule has 88 valence electrons. The zero-order valence-electron chi connectivity index (χ0n) is 9.38. The van der Waals surface area contributed by atoms with Crippen LogP contribution in [0.5, 0.6) is 0 Å². The Hall–Kier alpha value is -2.18. The number of pyridine rings is 1. The molecular formula is C14H9ClN2O. The number of nitrogens with zero attached hydrogens (tertiary/aromatic N) is 2. The summed E-state index contributed by atoms with van der Waals surface area (Å²) in [6.07, 6.45) is 1.56. The average Bonchev–Trinajstić information content (AvgIpc) is 2.41. The molecule has 0 saturated carbocycles. The zero-order chi connectivity index (χ0) is 13.0. The number of nitriles is 1. The summed E-state index contributed by atoms with van der Waals surface area (Å²) in [5.41, 5.74) is 0.865. The van der Waals surface area contributed by atoms with Crippen molar-refractivity contribution in [2.45, 2.75) is 5.92 Å². The molecule has 1 aromatic carbocycles. The predicted molar refractivity (Wildman–Crippen MR) is 68.4 cm³/mol. The number of hydrogen-bond donors (Lipinski definition) is 0. The molecule has 18 heavy (non-hydrogen) atoms. The smallest absolute Gasteiger partial charge is 0.186 e. The summed E-state index contributed by atoms with van der Waals surface area (Å²) in [5, 5.41) is 9.61. The average molecular weight is 257 g/mol. The summed E-state index contributed by atoms with van der Waals surface area (Å²) in [6, 6.07) is 13.7. The number of aromatic nitrogens is 1. The summed E-state index contributed by atoms with van der Waals surface area (Å²) in [4.78, 5) is 16.3. The lowest BCUT2D eigenvalue weighted by Crippen LogP contribution is -2.12. The van der Waals surface area contributed by atoms with Gasteiger partial charge in [0.2, 0.25) is 0 Å². The molecule has 0 fully saturated rings. The highest BCUT2D eigenvalue weighted by Gasteiger charge is 2.22. The SMILES string of the molecule is N#C[C@H](C(=O)c1cccc(Cl)c1)c1ccccn1. The minimum absolute atomic E-state index is 0.293. The summed E-state index contributed by atoms with van der Waals surface area (Å²) in [7, 11) is 0. The van der Waals surface area contributed by atoms with Crippen molar-refractivity contribution < 1.29 is 4.79 Å². The molecule has 1 heterocycles. The van der Waals surface area contributed by atoms with Gasteiger partial charge in [-0.05, 0) is 24.3 Å². The van der Waals surface area contributed by atoms with Crippen LogP contribution in [-0.2, 0) is 0 Å². The Morgan fingerprint density at radius 1 is 1.28 bits per heavy atom. The first-order chi connectivity index (χ1) is 8.72. The van der Waals surface area contributed by atoms with Crippen molar-refractivity contribution in [3.63, 3.8) is 0 Å². The molecule has 2 aromatic rings. The van der Waals surface area contributed by atoms with Gasteiger partial charge in [0.05, 0.1) is 11.8 Å². The van der Waals surface area contributed by atoms with Crippen LogP contribution in [0.1, 0.15) is 22.0 Å². The first-order valence-corrected chi connectivity index (χ1v) is 5.70. The molecule has 0 N–H and O–H groups in total. The van der Waals surface area contributed by atoms with Gasteiger partial charge in [0.15, 0.2) is 11.7 Å². The fourth-order valence-electron chi connectivity index (χ4n) is 1.61. The van der Waals surface area contributed by atoms with Gasteiger partial charge < -0.3 is 0 Å². The van der Waals surface area contributed by atoms with E-state index in [1.54, 1.807) is 48.7 Å². The fourth-order valence-corrected chi connectivity index (χ4v) is 1.80. The van der Waals surface area contributed by atoms with E-state index in [1.165, 1.54) is 0 Å². The van der Waals surface area contributed by atoms with Gasteiger partial charge in [-0.2, -0.15) is 5.26 Å². The van der Waals surface area contributed by atoms with Gasteiger partial charge in [-0.25, -0.2) is 0 Å². The molecule has 1 aromatic heterocycles. The third kappa shape index (κ3) is 2.55. The van der Waals surface area contributed by atoms with Crippen LogP contribution >= 0.6 is 11.6 Å². The van der Waals surface area contributed by atoms with Crippen LogP contribution in [0.2, 0.25) is 5.02 Å². The maximum absolute atomic E-state index is 12.2. The number of carbonyl (C=O) groups excluding carboxylic acids is 1. The van der Waals surface area contributed by atoms with Crippen molar-refractivity contribution in [1.29, 1.82) is 5.26 Å². The first kappa shape index (κ1) is 12.3. The number of ketones is 1. The number of benzene rings is 1. The molecule has 0 aliphatic carbocycles. The Labute approximate surface area is 110 Å².